The largest absolute Gasteiger partial charge is 0.374 e. The van der Waals surface area contributed by atoms with Crippen LogP contribution in [0.15, 0.2) is 29.6 Å². The van der Waals surface area contributed by atoms with Crippen molar-refractivity contribution in [2.45, 2.75) is 6.61 Å². The number of rotatable bonds is 2. The van der Waals surface area contributed by atoms with Crippen LogP contribution in [0.25, 0.3) is 10.1 Å². The van der Waals surface area contributed by atoms with Gasteiger partial charge in [-0.2, -0.15) is 0 Å². The molecule has 0 aliphatic carbocycles. The smallest absolute Gasteiger partial charge is 0.0732 e. The maximum atomic E-state index is 4.85. The lowest BCUT2D eigenvalue weighted by Gasteiger charge is -1.95. The summed E-state index contributed by atoms with van der Waals surface area (Å²) in [4.78, 5) is 0. The van der Waals surface area contributed by atoms with Crippen LogP contribution >= 0.6 is 11.3 Å². The molecular formula is C10H9OS. The van der Waals surface area contributed by atoms with E-state index >= 15 is 0 Å². The Morgan fingerprint density at radius 2 is 2.17 bits per heavy atom. The zero-order chi connectivity index (χ0) is 8.39. The van der Waals surface area contributed by atoms with Crippen molar-refractivity contribution >= 4 is 21.4 Å². The Bertz CT molecular complexity index is 378. The average Bonchev–Trinajstić information content (AvgIpc) is 2.50. The van der Waals surface area contributed by atoms with E-state index in [1.54, 1.807) is 11.3 Å². The quantitative estimate of drug-likeness (QED) is 0.684. The summed E-state index contributed by atoms with van der Waals surface area (Å²) in [6, 6.07) is 8.32. The Morgan fingerprint density at radius 3 is 3.00 bits per heavy atom. The molecule has 1 aromatic heterocycles. The van der Waals surface area contributed by atoms with Crippen LogP contribution in [0, 0.1) is 7.11 Å². The van der Waals surface area contributed by atoms with Crippen LogP contribution in [0.1, 0.15) is 5.56 Å². The van der Waals surface area contributed by atoms with Gasteiger partial charge in [-0.1, -0.05) is 18.2 Å². The molecule has 0 fully saturated rings. The van der Waals surface area contributed by atoms with Gasteiger partial charge in [0.05, 0.1) is 13.7 Å². The lowest BCUT2D eigenvalue weighted by Crippen LogP contribution is -1.81. The van der Waals surface area contributed by atoms with Gasteiger partial charge < -0.3 is 4.74 Å². The molecule has 2 rings (SSSR count). The fourth-order valence-corrected chi connectivity index (χ4v) is 2.20. The highest BCUT2D eigenvalue weighted by Gasteiger charge is 2.01. The SMILES string of the molecule is [CH2]OCc1csc2ccccc12. The molecule has 0 unspecified atom stereocenters. The molecule has 0 aliphatic heterocycles. The molecule has 12 heavy (non-hydrogen) atoms. The lowest BCUT2D eigenvalue weighted by molar-refractivity contribution is 0.230. The zero-order valence-electron chi connectivity index (χ0n) is 6.62. The minimum atomic E-state index is 0.601. The number of thiophene rings is 1. The Morgan fingerprint density at radius 1 is 1.33 bits per heavy atom. The van der Waals surface area contributed by atoms with Gasteiger partial charge in [0.2, 0.25) is 0 Å². The van der Waals surface area contributed by atoms with E-state index in [9.17, 15) is 0 Å². The summed E-state index contributed by atoms with van der Waals surface area (Å²) < 4.78 is 6.16. The third-order valence-electron chi connectivity index (χ3n) is 1.82. The summed E-state index contributed by atoms with van der Waals surface area (Å²) in [5.74, 6) is 0. The minimum Gasteiger partial charge on any atom is -0.374 e. The van der Waals surface area contributed by atoms with E-state index in [1.165, 1.54) is 15.6 Å². The van der Waals surface area contributed by atoms with Gasteiger partial charge in [-0.3, -0.25) is 0 Å². The number of hydrogen-bond acceptors (Lipinski definition) is 2. The molecule has 0 saturated heterocycles. The van der Waals surface area contributed by atoms with Crippen LogP contribution in [0.5, 0.6) is 0 Å². The normalized spacial score (nSPS) is 10.8. The fraction of sp³-hybridized carbons (Fsp3) is 0.100. The molecular weight excluding hydrogens is 168 g/mol. The van der Waals surface area contributed by atoms with Crippen LogP contribution in [0.3, 0.4) is 0 Å². The molecule has 2 aromatic rings. The second-order valence-corrected chi connectivity index (χ2v) is 3.52. The highest BCUT2D eigenvalue weighted by atomic mass is 32.1. The summed E-state index contributed by atoms with van der Waals surface area (Å²) in [5, 5.41) is 3.40. The molecule has 0 aliphatic rings. The van der Waals surface area contributed by atoms with Gasteiger partial charge in [0.15, 0.2) is 0 Å². The Hall–Kier alpha value is -0.860. The van der Waals surface area contributed by atoms with E-state index < -0.39 is 0 Å². The first-order chi connectivity index (χ1) is 5.92. The lowest BCUT2D eigenvalue weighted by atomic mass is 10.2. The Labute approximate surface area is 75.6 Å². The number of fused-ring (bicyclic) bond motifs is 1. The first-order valence-corrected chi connectivity index (χ1v) is 4.62. The molecule has 0 N–H and O–H groups in total. The molecule has 2 heteroatoms. The maximum absolute atomic E-state index is 4.85. The molecule has 0 bridgehead atoms. The van der Waals surface area contributed by atoms with Crippen LogP contribution in [0.4, 0.5) is 0 Å². The van der Waals surface area contributed by atoms with E-state index in [4.69, 9.17) is 4.74 Å². The molecule has 1 aromatic carbocycles. The fourth-order valence-electron chi connectivity index (χ4n) is 1.25. The summed E-state index contributed by atoms with van der Waals surface area (Å²) in [5.41, 5.74) is 1.23. The van der Waals surface area contributed by atoms with Gasteiger partial charge in [-0.25, -0.2) is 0 Å². The highest BCUT2D eigenvalue weighted by Crippen LogP contribution is 2.25. The zero-order valence-corrected chi connectivity index (χ0v) is 7.43. The van der Waals surface area contributed by atoms with Gasteiger partial charge in [-0.05, 0) is 22.4 Å². The molecule has 1 heterocycles. The van der Waals surface area contributed by atoms with Crippen molar-refractivity contribution in [2.24, 2.45) is 0 Å². The van der Waals surface area contributed by atoms with E-state index in [1.807, 2.05) is 12.1 Å². The molecule has 1 radical (unpaired) electrons. The van der Waals surface area contributed by atoms with Gasteiger partial charge in [-0.15, -0.1) is 11.3 Å². The van der Waals surface area contributed by atoms with Crippen molar-refractivity contribution in [3.05, 3.63) is 42.3 Å². The maximum Gasteiger partial charge on any atom is 0.0732 e. The third kappa shape index (κ3) is 1.24. The standard InChI is InChI=1S/C10H9OS/c1-11-6-8-7-12-10-5-3-2-4-9(8)10/h2-5,7H,1,6H2. The Balaban J connectivity index is 2.55. The monoisotopic (exact) mass is 177 g/mol. The molecule has 0 saturated carbocycles. The van der Waals surface area contributed by atoms with E-state index in [2.05, 4.69) is 24.6 Å². The van der Waals surface area contributed by atoms with Crippen LogP contribution < -0.4 is 0 Å². The van der Waals surface area contributed by atoms with E-state index in [-0.39, 0.29) is 0 Å². The summed E-state index contributed by atoms with van der Waals surface area (Å²) in [7, 11) is 3.37. The van der Waals surface area contributed by atoms with Crippen molar-refractivity contribution in [1.29, 1.82) is 0 Å². The van der Waals surface area contributed by atoms with Gasteiger partial charge in [0.25, 0.3) is 0 Å². The Kier molecular flexibility index (Phi) is 2.11. The second-order valence-electron chi connectivity index (χ2n) is 2.61. The predicted molar refractivity (Wildman–Crippen MR) is 52.0 cm³/mol. The summed E-state index contributed by atoms with van der Waals surface area (Å²) >= 11 is 1.75. The number of hydrogen-bond donors (Lipinski definition) is 0. The number of ether oxygens (including phenoxy) is 1. The molecule has 0 amide bonds. The van der Waals surface area contributed by atoms with Crippen molar-refractivity contribution in [3.63, 3.8) is 0 Å². The average molecular weight is 177 g/mol. The number of benzene rings is 1. The first-order valence-electron chi connectivity index (χ1n) is 3.74. The van der Waals surface area contributed by atoms with Gasteiger partial charge >= 0.3 is 0 Å². The topological polar surface area (TPSA) is 9.23 Å². The molecule has 0 atom stereocenters. The van der Waals surface area contributed by atoms with Gasteiger partial charge in [0, 0.05) is 4.70 Å². The third-order valence-corrected chi connectivity index (χ3v) is 2.83. The van der Waals surface area contributed by atoms with Crippen molar-refractivity contribution in [1.82, 2.24) is 0 Å². The minimum absolute atomic E-state index is 0.601. The van der Waals surface area contributed by atoms with Crippen molar-refractivity contribution in [3.8, 4) is 0 Å². The molecule has 1 nitrogen and oxygen atoms in total. The van der Waals surface area contributed by atoms with Crippen molar-refractivity contribution < 1.29 is 4.74 Å². The first kappa shape index (κ1) is 7.77. The molecule has 61 valence electrons. The summed E-state index contributed by atoms with van der Waals surface area (Å²) in [6.45, 7) is 0.601. The highest BCUT2D eigenvalue weighted by molar-refractivity contribution is 7.17. The second kappa shape index (κ2) is 3.25. The van der Waals surface area contributed by atoms with Crippen molar-refractivity contribution in [2.75, 3.05) is 0 Å². The van der Waals surface area contributed by atoms with Gasteiger partial charge in [0.1, 0.15) is 0 Å². The van der Waals surface area contributed by atoms with E-state index in [0.29, 0.717) is 6.61 Å². The van der Waals surface area contributed by atoms with E-state index in [0.717, 1.165) is 0 Å². The summed E-state index contributed by atoms with van der Waals surface area (Å²) in [6.07, 6.45) is 0. The van der Waals surface area contributed by atoms with Crippen LogP contribution in [0.2, 0.25) is 0 Å². The molecule has 0 spiro atoms. The predicted octanol–water partition coefficient (Wildman–Crippen LogP) is 3.21. The van der Waals surface area contributed by atoms with Crippen LogP contribution in [-0.4, -0.2) is 0 Å². The van der Waals surface area contributed by atoms with Crippen LogP contribution in [-0.2, 0) is 11.3 Å².